The average Bonchev–Trinajstić information content (AvgIpc) is 3.43. The highest BCUT2D eigenvalue weighted by molar-refractivity contribution is 7.98. The quantitative estimate of drug-likeness (QED) is 0.207. The summed E-state index contributed by atoms with van der Waals surface area (Å²) in [6, 6.07) is 10.3. The number of hydrogen-bond acceptors (Lipinski definition) is 8. The van der Waals surface area contributed by atoms with Crippen molar-refractivity contribution in [1.82, 2.24) is 14.8 Å². The van der Waals surface area contributed by atoms with Crippen LogP contribution in [0.1, 0.15) is 35.9 Å². The summed E-state index contributed by atoms with van der Waals surface area (Å²) in [5.41, 5.74) is 1.46. The van der Waals surface area contributed by atoms with Crippen LogP contribution in [0, 0.1) is 0 Å². The molecule has 0 aliphatic heterocycles. The van der Waals surface area contributed by atoms with Gasteiger partial charge in [0.05, 0.1) is 16.1 Å². The summed E-state index contributed by atoms with van der Waals surface area (Å²) in [7, 11) is 0. The number of nitrogen functional groups attached to an aromatic ring is 1. The van der Waals surface area contributed by atoms with Gasteiger partial charge < -0.3 is 10.6 Å². The largest absolute Gasteiger partial charge is 0.488 e. The summed E-state index contributed by atoms with van der Waals surface area (Å²) in [5, 5.41) is 4.39. The lowest BCUT2D eigenvalue weighted by Gasteiger charge is -2.10. The first-order chi connectivity index (χ1) is 17.2. The fourth-order valence-corrected chi connectivity index (χ4v) is 5.13. The number of aromatic nitrogens is 3. The Bertz CT molecular complexity index is 1400. The van der Waals surface area contributed by atoms with Crippen LogP contribution < -0.4 is 16.3 Å². The third kappa shape index (κ3) is 5.59. The maximum absolute atomic E-state index is 12.9. The number of rotatable bonds is 9. The van der Waals surface area contributed by atoms with E-state index in [9.17, 15) is 18.0 Å². The van der Waals surface area contributed by atoms with Crippen LogP contribution in [0.2, 0.25) is 0 Å². The van der Waals surface area contributed by atoms with Gasteiger partial charge in [0.1, 0.15) is 17.4 Å². The number of halogens is 3. The fraction of sp³-hybridized carbons (Fsp3) is 0.292. The van der Waals surface area contributed by atoms with Crippen molar-refractivity contribution >= 4 is 23.1 Å². The average molecular weight is 537 g/mol. The Kier molecular flexibility index (Phi) is 7.74. The molecule has 0 radical (unpaired) electrons. The third-order valence-corrected chi connectivity index (χ3v) is 7.32. The van der Waals surface area contributed by atoms with Crippen LogP contribution in [0.5, 0.6) is 5.75 Å². The summed E-state index contributed by atoms with van der Waals surface area (Å²) in [6.07, 6.45) is 0.173. The standard InChI is InChI=1S/C24H23F3N4O3S2/c1-3-4-5-18-20(36-22(29-18)14-6-8-15(9-7-14)24(25,26)27)13-33-16-10-11-17(19(12-16)35-2)21-30-34-23(32)31(21)28/h6-12H,3-5,13,28H2,1-2H3. The molecule has 12 heteroatoms. The molecule has 7 nitrogen and oxygen atoms in total. The number of benzene rings is 2. The first-order valence-electron chi connectivity index (χ1n) is 11.0. The van der Waals surface area contributed by atoms with Gasteiger partial charge in [-0.05, 0) is 49.4 Å². The van der Waals surface area contributed by atoms with Crippen molar-refractivity contribution in [2.24, 2.45) is 0 Å². The Morgan fingerprint density at radius 2 is 1.94 bits per heavy atom. The van der Waals surface area contributed by atoms with Gasteiger partial charge in [-0.2, -0.15) is 17.8 Å². The molecule has 0 atom stereocenters. The molecular weight excluding hydrogens is 513 g/mol. The van der Waals surface area contributed by atoms with Crippen LogP contribution in [-0.2, 0) is 19.2 Å². The molecule has 0 fully saturated rings. The number of thiazole rings is 1. The molecule has 0 amide bonds. The molecule has 190 valence electrons. The molecule has 2 heterocycles. The van der Waals surface area contributed by atoms with E-state index in [2.05, 4.69) is 16.6 Å². The molecule has 2 aromatic carbocycles. The summed E-state index contributed by atoms with van der Waals surface area (Å²) in [4.78, 5) is 18.0. The van der Waals surface area contributed by atoms with Gasteiger partial charge in [0, 0.05) is 16.0 Å². The second-order valence-electron chi connectivity index (χ2n) is 7.86. The number of alkyl halides is 3. The van der Waals surface area contributed by atoms with E-state index < -0.39 is 17.5 Å². The fourth-order valence-electron chi connectivity index (χ4n) is 3.49. The maximum Gasteiger partial charge on any atom is 0.460 e. The number of ether oxygens (including phenoxy) is 1. The van der Waals surface area contributed by atoms with Crippen molar-refractivity contribution in [1.29, 1.82) is 0 Å². The van der Waals surface area contributed by atoms with Gasteiger partial charge >= 0.3 is 11.9 Å². The highest BCUT2D eigenvalue weighted by Gasteiger charge is 2.30. The zero-order valence-electron chi connectivity index (χ0n) is 19.5. The lowest BCUT2D eigenvalue weighted by Crippen LogP contribution is -2.23. The van der Waals surface area contributed by atoms with Crippen molar-refractivity contribution in [3.05, 3.63) is 69.1 Å². The molecule has 0 saturated carbocycles. The van der Waals surface area contributed by atoms with Crippen molar-refractivity contribution in [3.63, 3.8) is 0 Å². The molecule has 0 aliphatic rings. The SMILES string of the molecule is CCCCc1nc(-c2ccc(C(F)(F)F)cc2)sc1COc1ccc(-c2noc(=O)n2N)c(SC)c1. The van der Waals surface area contributed by atoms with E-state index in [-0.39, 0.29) is 12.4 Å². The molecule has 0 unspecified atom stereocenters. The topological polar surface area (TPSA) is 96.2 Å². The van der Waals surface area contributed by atoms with E-state index >= 15 is 0 Å². The molecule has 0 saturated heterocycles. The molecule has 2 aromatic heterocycles. The van der Waals surface area contributed by atoms with Gasteiger partial charge in [-0.15, -0.1) is 23.1 Å². The molecule has 4 aromatic rings. The zero-order valence-corrected chi connectivity index (χ0v) is 21.1. The number of aryl methyl sites for hydroxylation is 1. The Labute approximate surface area is 213 Å². The van der Waals surface area contributed by atoms with Gasteiger partial charge in [-0.25, -0.2) is 9.78 Å². The summed E-state index contributed by atoms with van der Waals surface area (Å²) in [6.45, 7) is 2.34. The van der Waals surface area contributed by atoms with E-state index in [0.717, 1.165) is 51.5 Å². The van der Waals surface area contributed by atoms with E-state index in [1.807, 2.05) is 12.3 Å². The monoisotopic (exact) mass is 536 g/mol. The lowest BCUT2D eigenvalue weighted by molar-refractivity contribution is -0.137. The number of nitrogens with two attached hydrogens (primary N) is 1. The second-order valence-corrected chi connectivity index (χ2v) is 9.79. The number of unbranched alkanes of at least 4 members (excludes halogenated alkanes) is 1. The van der Waals surface area contributed by atoms with Crippen molar-refractivity contribution in [3.8, 4) is 27.7 Å². The van der Waals surface area contributed by atoms with Gasteiger partial charge in [0.15, 0.2) is 0 Å². The number of thioether (sulfide) groups is 1. The van der Waals surface area contributed by atoms with E-state index in [0.29, 0.717) is 21.9 Å². The Morgan fingerprint density at radius 1 is 1.19 bits per heavy atom. The van der Waals surface area contributed by atoms with Gasteiger partial charge in [0.25, 0.3) is 0 Å². The Morgan fingerprint density at radius 3 is 2.56 bits per heavy atom. The highest BCUT2D eigenvalue weighted by Crippen LogP contribution is 2.35. The normalized spacial score (nSPS) is 11.7. The number of hydrogen-bond donors (Lipinski definition) is 1. The summed E-state index contributed by atoms with van der Waals surface area (Å²) >= 11 is 2.85. The maximum atomic E-state index is 12.9. The van der Waals surface area contributed by atoms with Gasteiger partial charge in [-0.1, -0.05) is 30.6 Å². The molecule has 0 spiro atoms. The zero-order chi connectivity index (χ0) is 25.9. The molecular formula is C24H23F3N4O3S2. The van der Waals surface area contributed by atoms with Crippen LogP contribution in [-0.4, -0.2) is 21.1 Å². The molecule has 36 heavy (non-hydrogen) atoms. The minimum Gasteiger partial charge on any atom is -0.488 e. The summed E-state index contributed by atoms with van der Waals surface area (Å²) in [5.74, 6) is 5.77. The first-order valence-corrected chi connectivity index (χ1v) is 13.1. The van der Waals surface area contributed by atoms with E-state index in [4.69, 9.17) is 15.6 Å². The predicted molar refractivity (Wildman–Crippen MR) is 134 cm³/mol. The Hall–Kier alpha value is -3.25. The first kappa shape index (κ1) is 25.8. The summed E-state index contributed by atoms with van der Waals surface area (Å²) < 4.78 is 50.3. The van der Waals surface area contributed by atoms with Crippen LogP contribution in [0.3, 0.4) is 0 Å². The van der Waals surface area contributed by atoms with E-state index in [1.165, 1.54) is 35.2 Å². The minimum atomic E-state index is -4.38. The molecule has 4 rings (SSSR count). The smallest absolute Gasteiger partial charge is 0.460 e. The van der Waals surface area contributed by atoms with Crippen LogP contribution >= 0.6 is 23.1 Å². The molecule has 0 aliphatic carbocycles. The molecule has 2 N–H and O–H groups in total. The van der Waals surface area contributed by atoms with E-state index in [1.54, 1.807) is 12.1 Å². The van der Waals surface area contributed by atoms with Gasteiger partial charge in [-0.3, -0.25) is 4.52 Å². The molecule has 0 bridgehead atoms. The van der Waals surface area contributed by atoms with Crippen molar-refractivity contribution in [2.75, 3.05) is 12.1 Å². The van der Waals surface area contributed by atoms with Gasteiger partial charge in [0.2, 0.25) is 5.82 Å². The second kappa shape index (κ2) is 10.8. The van der Waals surface area contributed by atoms with Crippen LogP contribution in [0.15, 0.2) is 56.7 Å². The lowest BCUT2D eigenvalue weighted by atomic mass is 10.1. The number of nitrogens with zero attached hydrogens (tertiary/aromatic N) is 3. The highest BCUT2D eigenvalue weighted by atomic mass is 32.2. The predicted octanol–water partition coefficient (Wildman–Crippen LogP) is 6.00. The Balaban J connectivity index is 1.56. The van der Waals surface area contributed by atoms with Crippen LogP contribution in [0.4, 0.5) is 13.2 Å². The third-order valence-electron chi connectivity index (χ3n) is 5.42. The van der Waals surface area contributed by atoms with Crippen molar-refractivity contribution in [2.45, 2.75) is 43.9 Å². The minimum absolute atomic E-state index is 0.210. The van der Waals surface area contributed by atoms with Crippen molar-refractivity contribution < 1.29 is 22.4 Å². The van der Waals surface area contributed by atoms with Crippen LogP contribution in [0.25, 0.3) is 22.0 Å².